The van der Waals surface area contributed by atoms with E-state index in [9.17, 15) is 9.59 Å². The molecule has 2 aliphatic rings. The summed E-state index contributed by atoms with van der Waals surface area (Å²) in [5, 5.41) is 0. The van der Waals surface area contributed by atoms with Gasteiger partial charge in [-0.25, -0.2) is 4.79 Å². The molecule has 4 heterocycles. The molecule has 166 valence electrons. The van der Waals surface area contributed by atoms with Gasteiger partial charge in [0.1, 0.15) is 12.7 Å². The van der Waals surface area contributed by atoms with Crippen LogP contribution in [0.15, 0.2) is 46.0 Å². The SMILES string of the molecule is COc1[nH]c(=O)ccc1-c1ccc2c(c1)CCn1c-2cc(OCC2COCCO2)nc1=O. The Balaban J connectivity index is 1.47. The quantitative estimate of drug-likeness (QED) is 0.647. The van der Waals surface area contributed by atoms with E-state index in [0.29, 0.717) is 38.7 Å². The van der Waals surface area contributed by atoms with Crippen LogP contribution in [0.2, 0.25) is 0 Å². The van der Waals surface area contributed by atoms with Crippen LogP contribution in [0.25, 0.3) is 22.4 Å². The van der Waals surface area contributed by atoms with Crippen molar-refractivity contribution in [1.82, 2.24) is 14.5 Å². The van der Waals surface area contributed by atoms with Crippen LogP contribution >= 0.6 is 0 Å². The van der Waals surface area contributed by atoms with Crippen molar-refractivity contribution in [3.8, 4) is 34.1 Å². The summed E-state index contributed by atoms with van der Waals surface area (Å²) in [4.78, 5) is 31.0. The van der Waals surface area contributed by atoms with Gasteiger partial charge in [-0.05, 0) is 23.6 Å². The molecule has 0 spiro atoms. The lowest BCUT2D eigenvalue weighted by Gasteiger charge is -2.24. The van der Waals surface area contributed by atoms with E-state index in [1.807, 2.05) is 12.1 Å². The molecule has 5 rings (SSSR count). The molecule has 0 bridgehead atoms. The van der Waals surface area contributed by atoms with Crippen LogP contribution < -0.4 is 20.7 Å². The van der Waals surface area contributed by atoms with E-state index in [2.05, 4.69) is 16.0 Å². The number of H-pyrrole nitrogens is 1. The minimum absolute atomic E-state index is 0.175. The lowest BCUT2D eigenvalue weighted by atomic mass is 9.93. The molecule has 3 aromatic rings. The molecule has 1 atom stereocenters. The summed E-state index contributed by atoms with van der Waals surface area (Å²) in [6, 6.07) is 11.0. The number of pyridine rings is 1. The van der Waals surface area contributed by atoms with Crippen LogP contribution in [-0.2, 0) is 22.4 Å². The standard InChI is InChI=1S/C23H23N3O6/c1-29-22-18(4-5-20(27)24-22)14-2-3-17-15(10-14)6-7-26-19(17)11-21(25-23(26)28)32-13-16-12-30-8-9-31-16/h2-5,10-11,16H,6-9,12-13H2,1H3,(H,24,27). The van der Waals surface area contributed by atoms with Gasteiger partial charge in [0.25, 0.3) is 5.56 Å². The zero-order valence-electron chi connectivity index (χ0n) is 17.6. The Morgan fingerprint density at radius 1 is 1.16 bits per heavy atom. The average molecular weight is 437 g/mol. The number of rotatable bonds is 5. The summed E-state index contributed by atoms with van der Waals surface area (Å²) in [6.07, 6.45) is 0.517. The van der Waals surface area contributed by atoms with Gasteiger partial charge in [0.15, 0.2) is 0 Å². The van der Waals surface area contributed by atoms with Crippen LogP contribution in [0, 0.1) is 0 Å². The third-order valence-electron chi connectivity index (χ3n) is 5.67. The Hall–Kier alpha value is -3.43. The number of hydrogen-bond donors (Lipinski definition) is 1. The summed E-state index contributed by atoms with van der Waals surface area (Å²) in [5.74, 6) is 0.688. The lowest BCUT2D eigenvalue weighted by Crippen LogP contribution is -2.34. The fourth-order valence-electron chi connectivity index (χ4n) is 4.10. The predicted octanol–water partition coefficient (Wildman–Crippen LogP) is 1.62. The second-order valence-corrected chi connectivity index (χ2v) is 7.68. The monoisotopic (exact) mass is 437 g/mol. The first-order valence-electron chi connectivity index (χ1n) is 10.5. The van der Waals surface area contributed by atoms with Crippen molar-refractivity contribution < 1.29 is 18.9 Å². The van der Waals surface area contributed by atoms with Gasteiger partial charge in [-0.1, -0.05) is 18.2 Å². The normalized spacial score (nSPS) is 17.3. The molecule has 1 saturated heterocycles. The highest BCUT2D eigenvalue weighted by Gasteiger charge is 2.21. The number of aromatic nitrogens is 3. The number of ether oxygens (including phenoxy) is 4. The Kier molecular flexibility index (Phi) is 5.50. The molecule has 0 aliphatic carbocycles. The minimum atomic E-state index is -0.338. The van der Waals surface area contributed by atoms with Gasteiger partial charge < -0.3 is 18.9 Å². The van der Waals surface area contributed by atoms with E-state index in [-0.39, 0.29) is 29.8 Å². The minimum Gasteiger partial charge on any atom is -0.482 e. The van der Waals surface area contributed by atoms with Crippen molar-refractivity contribution in [2.24, 2.45) is 0 Å². The first-order chi connectivity index (χ1) is 15.6. The number of aromatic amines is 1. The molecule has 0 amide bonds. The van der Waals surface area contributed by atoms with Crippen LogP contribution in [0.5, 0.6) is 11.8 Å². The van der Waals surface area contributed by atoms with Gasteiger partial charge in [0.05, 0.1) is 32.6 Å². The smallest absolute Gasteiger partial charge is 0.351 e. The lowest BCUT2D eigenvalue weighted by molar-refractivity contribution is -0.102. The molecule has 1 fully saturated rings. The fraction of sp³-hybridized carbons (Fsp3) is 0.348. The molecule has 2 aromatic heterocycles. The highest BCUT2D eigenvalue weighted by atomic mass is 16.6. The average Bonchev–Trinajstić information content (AvgIpc) is 2.82. The van der Waals surface area contributed by atoms with E-state index in [0.717, 1.165) is 27.9 Å². The van der Waals surface area contributed by atoms with E-state index < -0.39 is 0 Å². The second-order valence-electron chi connectivity index (χ2n) is 7.68. The maximum Gasteiger partial charge on any atom is 0.351 e. The molecule has 0 saturated carbocycles. The Bertz CT molecular complexity index is 1260. The summed E-state index contributed by atoms with van der Waals surface area (Å²) < 4.78 is 23.7. The van der Waals surface area contributed by atoms with E-state index >= 15 is 0 Å². The zero-order valence-corrected chi connectivity index (χ0v) is 17.6. The van der Waals surface area contributed by atoms with Gasteiger partial charge in [-0.2, -0.15) is 4.98 Å². The van der Waals surface area contributed by atoms with Gasteiger partial charge in [-0.15, -0.1) is 0 Å². The Morgan fingerprint density at radius 3 is 2.84 bits per heavy atom. The van der Waals surface area contributed by atoms with Crippen molar-refractivity contribution in [2.75, 3.05) is 33.5 Å². The summed E-state index contributed by atoms with van der Waals surface area (Å²) in [5.41, 5.74) is 3.97. The largest absolute Gasteiger partial charge is 0.482 e. The number of nitrogens with one attached hydrogen (secondary N) is 1. The highest BCUT2D eigenvalue weighted by Crippen LogP contribution is 2.35. The Morgan fingerprint density at radius 2 is 2.03 bits per heavy atom. The van der Waals surface area contributed by atoms with Crippen LogP contribution in [0.1, 0.15) is 5.56 Å². The molecule has 0 radical (unpaired) electrons. The van der Waals surface area contributed by atoms with E-state index in [1.165, 1.54) is 13.2 Å². The van der Waals surface area contributed by atoms with Crippen LogP contribution in [-0.4, -0.2) is 54.2 Å². The maximum absolute atomic E-state index is 12.6. The Labute approximate surface area is 183 Å². The van der Waals surface area contributed by atoms with Gasteiger partial charge in [0, 0.05) is 29.8 Å². The molecule has 9 nitrogen and oxygen atoms in total. The fourth-order valence-corrected chi connectivity index (χ4v) is 4.10. The number of fused-ring (bicyclic) bond motifs is 3. The van der Waals surface area contributed by atoms with Crippen LogP contribution in [0.4, 0.5) is 0 Å². The molecular formula is C23H23N3O6. The number of benzene rings is 1. The number of hydrogen-bond acceptors (Lipinski definition) is 7. The highest BCUT2D eigenvalue weighted by molar-refractivity contribution is 5.75. The van der Waals surface area contributed by atoms with Crippen molar-refractivity contribution in [2.45, 2.75) is 19.1 Å². The second kappa shape index (κ2) is 8.60. The molecular weight excluding hydrogens is 414 g/mol. The van der Waals surface area contributed by atoms with Crippen LogP contribution in [0.3, 0.4) is 0 Å². The number of aryl methyl sites for hydroxylation is 1. The first kappa shape index (κ1) is 20.5. The summed E-state index contributed by atoms with van der Waals surface area (Å²) in [6.45, 7) is 2.38. The van der Waals surface area contributed by atoms with Crippen molar-refractivity contribution in [1.29, 1.82) is 0 Å². The third-order valence-corrected chi connectivity index (χ3v) is 5.67. The molecule has 1 aromatic carbocycles. The maximum atomic E-state index is 12.6. The van der Waals surface area contributed by atoms with Gasteiger partial charge in [-0.3, -0.25) is 14.3 Å². The van der Waals surface area contributed by atoms with E-state index in [4.69, 9.17) is 18.9 Å². The topological polar surface area (TPSA) is 105 Å². The third kappa shape index (κ3) is 3.92. The van der Waals surface area contributed by atoms with Crippen molar-refractivity contribution >= 4 is 0 Å². The summed E-state index contributed by atoms with van der Waals surface area (Å²) in [7, 11) is 1.52. The van der Waals surface area contributed by atoms with Crippen molar-refractivity contribution in [3.63, 3.8) is 0 Å². The number of methoxy groups -OCH3 is 1. The molecule has 1 unspecified atom stereocenters. The van der Waals surface area contributed by atoms with Gasteiger partial charge >= 0.3 is 5.69 Å². The molecule has 9 heteroatoms. The summed E-state index contributed by atoms with van der Waals surface area (Å²) >= 11 is 0. The molecule has 2 aliphatic heterocycles. The first-order valence-corrected chi connectivity index (χ1v) is 10.5. The van der Waals surface area contributed by atoms with Gasteiger partial charge in [0.2, 0.25) is 11.8 Å². The van der Waals surface area contributed by atoms with Crippen molar-refractivity contribution in [3.05, 3.63) is 62.8 Å². The zero-order chi connectivity index (χ0) is 22.1. The predicted molar refractivity (Wildman–Crippen MR) is 116 cm³/mol. The van der Waals surface area contributed by atoms with E-state index in [1.54, 1.807) is 16.7 Å². The molecule has 1 N–H and O–H groups in total. The number of nitrogens with zero attached hydrogens (tertiary/aromatic N) is 2. The molecule has 32 heavy (non-hydrogen) atoms.